The van der Waals surface area contributed by atoms with Crippen molar-refractivity contribution in [2.24, 2.45) is 0 Å². The number of amides is 1. The standard InChI is InChI=1S/C17H17N3O3S2/c1-10(25-17-12-6-7-24-16(12)18-9-19-17)15(21)20-11-4-5-13(22-2)14(8-11)23-3/h4-10H,1-3H3,(H,20,21)/t10-/m0/s1. The Hall–Kier alpha value is -2.32. The van der Waals surface area contributed by atoms with Crippen LogP contribution in [0.3, 0.4) is 0 Å². The number of aromatic nitrogens is 2. The largest absolute Gasteiger partial charge is 0.493 e. The first kappa shape index (κ1) is 17.5. The second-order valence-corrected chi connectivity index (χ2v) is 7.36. The number of hydrogen-bond donors (Lipinski definition) is 1. The van der Waals surface area contributed by atoms with Crippen molar-refractivity contribution in [2.75, 3.05) is 19.5 Å². The molecule has 0 fully saturated rings. The Morgan fingerprint density at radius 3 is 2.76 bits per heavy atom. The highest BCUT2D eigenvalue weighted by Gasteiger charge is 2.18. The summed E-state index contributed by atoms with van der Waals surface area (Å²) >= 11 is 2.97. The van der Waals surface area contributed by atoms with Crippen LogP contribution in [0.5, 0.6) is 11.5 Å². The van der Waals surface area contributed by atoms with E-state index in [-0.39, 0.29) is 11.2 Å². The number of carbonyl (C=O) groups excluding carboxylic acids is 1. The van der Waals surface area contributed by atoms with Gasteiger partial charge in [0, 0.05) is 17.1 Å². The number of thiophene rings is 1. The summed E-state index contributed by atoms with van der Waals surface area (Å²) in [4.78, 5) is 21.9. The van der Waals surface area contributed by atoms with E-state index >= 15 is 0 Å². The number of ether oxygens (including phenoxy) is 2. The van der Waals surface area contributed by atoms with Gasteiger partial charge in [-0.25, -0.2) is 9.97 Å². The number of benzene rings is 1. The summed E-state index contributed by atoms with van der Waals surface area (Å²) in [5, 5.41) is 6.33. The number of carbonyl (C=O) groups is 1. The average Bonchev–Trinajstić information content (AvgIpc) is 3.11. The molecule has 0 saturated heterocycles. The highest BCUT2D eigenvalue weighted by molar-refractivity contribution is 8.00. The zero-order valence-corrected chi connectivity index (χ0v) is 15.6. The summed E-state index contributed by atoms with van der Waals surface area (Å²) in [6, 6.07) is 7.24. The van der Waals surface area contributed by atoms with E-state index in [1.165, 1.54) is 18.1 Å². The van der Waals surface area contributed by atoms with Gasteiger partial charge in [0.05, 0.1) is 19.5 Å². The molecule has 1 amide bonds. The first-order chi connectivity index (χ1) is 12.1. The maximum atomic E-state index is 12.5. The van der Waals surface area contributed by atoms with E-state index in [0.717, 1.165) is 15.2 Å². The number of nitrogens with one attached hydrogen (secondary N) is 1. The molecule has 0 radical (unpaired) electrons. The summed E-state index contributed by atoms with van der Waals surface area (Å²) < 4.78 is 10.5. The molecule has 2 aromatic heterocycles. The van der Waals surface area contributed by atoms with E-state index in [1.54, 1.807) is 43.8 Å². The van der Waals surface area contributed by atoms with E-state index in [9.17, 15) is 4.79 Å². The van der Waals surface area contributed by atoms with Crippen LogP contribution in [0.15, 0.2) is 41.0 Å². The van der Waals surface area contributed by atoms with Crippen molar-refractivity contribution in [2.45, 2.75) is 17.2 Å². The third-order valence-electron chi connectivity index (χ3n) is 3.53. The maximum Gasteiger partial charge on any atom is 0.237 e. The Bertz CT molecular complexity index is 898. The van der Waals surface area contributed by atoms with Gasteiger partial charge in [0.25, 0.3) is 0 Å². The van der Waals surface area contributed by atoms with Crippen molar-refractivity contribution in [3.8, 4) is 11.5 Å². The van der Waals surface area contributed by atoms with E-state index in [2.05, 4.69) is 15.3 Å². The molecule has 1 N–H and O–H groups in total. The molecule has 0 bridgehead atoms. The molecule has 0 unspecified atom stereocenters. The van der Waals surface area contributed by atoms with E-state index in [0.29, 0.717) is 17.2 Å². The molecule has 6 nitrogen and oxygen atoms in total. The number of methoxy groups -OCH3 is 2. The van der Waals surface area contributed by atoms with Crippen LogP contribution in [-0.4, -0.2) is 35.3 Å². The third-order valence-corrected chi connectivity index (χ3v) is 5.47. The molecule has 0 saturated carbocycles. The molecular formula is C17H17N3O3S2. The smallest absolute Gasteiger partial charge is 0.237 e. The highest BCUT2D eigenvalue weighted by atomic mass is 32.2. The van der Waals surface area contributed by atoms with Gasteiger partial charge >= 0.3 is 0 Å². The van der Waals surface area contributed by atoms with Crippen molar-refractivity contribution >= 4 is 44.9 Å². The monoisotopic (exact) mass is 375 g/mol. The van der Waals surface area contributed by atoms with Crippen molar-refractivity contribution in [1.29, 1.82) is 0 Å². The lowest BCUT2D eigenvalue weighted by Crippen LogP contribution is -2.22. The third kappa shape index (κ3) is 3.85. The Kier molecular flexibility index (Phi) is 5.40. The number of hydrogen-bond acceptors (Lipinski definition) is 7. The molecule has 3 rings (SSSR count). The molecule has 0 spiro atoms. The van der Waals surface area contributed by atoms with Crippen LogP contribution in [0.25, 0.3) is 10.2 Å². The van der Waals surface area contributed by atoms with Crippen molar-refractivity contribution in [1.82, 2.24) is 9.97 Å². The van der Waals surface area contributed by atoms with Crippen LogP contribution in [0.2, 0.25) is 0 Å². The molecule has 3 aromatic rings. The quantitative estimate of drug-likeness (QED) is 0.521. The van der Waals surface area contributed by atoms with Crippen molar-refractivity contribution in [3.05, 3.63) is 36.0 Å². The van der Waals surface area contributed by atoms with E-state index < -0.39 is 0 Å². The highest BCUT2D eigenvalue weighted by Crippen LogP contribution is 2.32. The lowest BCUT2D eigenvalue weighted by atomic mass is 10.2. The molecule has 1 atom stereocenters. The molecule has 0 aliphatic heterocycles. The van der Waals surface area contributed by atoms with Crippen LogP contribution >= 0.6 is 23.1 Å². The van der Waals surface area contributed by atoms with Gasteiger partial charge in [0.15, 0.2) is 11.5 Å². The van der Waals surface area contributed by atoms with Gasteiger partial charge < -0.3 is 14.8 Å². The lowest BCUT2D eigenvalue weighted by Gasteiger charge is -2.14. The van der Waals surface area contributed by atoms with Gasteiger partial charge in [-0.1, -0.05) is 11.8 Å². The Labute approximate surface area is 153 Å². The van der Waals surface area contributed by atoms with E-state index in [1.807, 2.05) is 18.4 Å². The predicted molar refractivity (Wildman–Crippen MR) is 101 cm³/mol. The first-order valence-electron chi connectivity index (χ1n) is 7.50. The molecule has 2 heterocycles. The van der Waals surface area contributed by atoms with Crippen LogP contribution in [-0.2, 0) is 4.79 Å². The molecule has 0 aliphatic rings. The van der Waals surface area contributed by atoms with E-state index in [4.69, 9.17) is 9.47 Å². The number of anilines is 1. The fraction of sp³-hybridized carbons (Fsp3) is 0.235. The second-order valence-electron chi connectivity index (χ2n) is 5.14. The van der Waals surface area contributed by atoms with Crippen LogP contribution in [0.1, 0.15) is 6.92 Å². The summed E-state index contributed by atoms with van der Waals surface area (Å²) in [5.41, 5.74) is 0.651. The van der Waals surface area contributed by atoms with Gasteiger partial charge in [-0.05, 0) is 30.5 Å². The Morgan fingerprint density at radius 1 is 1.20 bits per heavy atom. The molecule has 25 heavy (non-hydrogen) atoms. The van der Waals surface area contributed by atoms with Gasteiger partial charge in [-0.2, -0.15) is 0 Å². The molecule has 8 heteroatoms. The molecular weight excluding hydrogens is 358 g/mol. The maximum absolute atomic E-state index is 12.5. The van der Waals surface area contributed by atoms with Crippen molar-refractivity contribution in [3.63, 3.8) is 0 Å². The zero-order chi connectivity index (χ0) is 17.8. The SMILES string of the molecule is COc1ccc(NC(=O)[C@H](C)Sc2ncnc3sccc23)cc1OC. The minimum absolute atomic E-state index is 0.112. The first-order valence-corrected chi connectivity index (χ1v) is 9.26. The minimum atomic E-state index is -0.314. The topological polar surface area (TPSA) is 73.3 Å². The Morgan fingerprint density at radius 2 is 2.00 bits per heavy atom. The van der Waals surface area contributed by atoms with Crippen molar-refractivity contribution < 1.29 is 14.3 Å². The molecule has 1 aromatic carbocycles. The average molecular weight is 375 g/mol. The fourth-order valence-corrected chi connectivity index (χ4v) is 3.94. The number of rotatable bonds is 6. The summed E-state index contributed by atoms with van der Waals surface area (Å²) in [5.74, 6) is 1.07. The number of nitrogens with zero attached hydrogens (tertiary/aromatic N) is 2. The summed E-state index contributed by atoms with van der Waals surface area (Å²) in [7, 11) is 3.13. The molecule has 130 valence electrons. The summed E-state index contributed by atoms with van der Waals surface area (Å²) in [6.07, 6.45) is 1.53. The normalized spacial score (nSPS) is 12.0. The Balaban J connectivity index is 1.72. The van der Waals surface area contributed by atoms with Crippen LogP contribution in [0, 0.1) is 0 Å². The van der Waals surface area contributed by atoms with Crippen LogP contribution < -0.4 is 14.8 Å². The predicted octanol–water partition coefficient (Wildman–Crippen LogP) is 3.83. The number of thioether (sulfide) groups is 1. The van der Waals surface area contributed by atoms with Gasteiger partial charge in [0.2, 0.25) is 5.91 Å². The van der Waals surface area contributed by atoms with Gasteiger partial charge in [-0.15, -0.1) is 11.3 Å². The minimum Gasteiger partial charge on any atom is -0.493 e. The second kappa shape index (κ2) is 7.71. The van der Waals surface area contributed by atoms with Gasteiger partial charge in [-0.3, -0.25) is 4.79 Å². The van der Waals surface area contributed by atoms with Crippen LogP contribution in [0.4, 0.5) is 5.69 Å². The fourth-order valence-electron chi connectivity index (χ4n) is 2.24. The zero-order valence-electron chi connectivity index (χ0n) is 14.0. The molecule has 0 aliphatic carbocycles. The van der Waals surface area contributed by atoms with Gasteiger partial charge in [0.1, 0.15) is 16.2 Å². The number of fused-ring (bicyclic) bond motifs is 1. The lowest BCUT2D eigenvalue weighted by molar-refractivity contribution is -0.115. The summed E-state index contributed by atoms with van der Waals surface area (Å²) in [6.45, 7) is 1.85.